The third-order valence-corrected chi connectivity index (χ3v) is 3.12. The Morgan fingerprint density at radius 2 is 2.00 bits per heavy atom. The summed E-state index contributed by atoms with van der Waals surface area (Å²) in [6.07, 6.45) is 0.106. The van der Waals surface area contributed by atoms with Crippen LogP contribution in [0.2, 0.25) is 0 Å². The van der Waals surface area contributed by atoms with Gasteiger partial charge in [0.05, 0.1) is 5.69 Å². The maximum absolute atomic E-state index is 11.4. The molecule has 0 aromatic heterocycles. The summed E-state index contributed by atoms with van der Waals surface area (Å²) >= 11 is 12.0. The Kier molecular flexibility index (Phi) is 5.94. The summed E-state index contributed by atoms with van der Waals surface area (Å²) in [4.78, 5) is 22.6. The van der Waals surface area contributed by atoms with Crippen molar-refractivity contribution in [2.24, 2.45) is 0 Å². The molecule has 0 aliphatic rings. The third-order valence-electron chi connectivity index (χ3n) is 1.75. The van der Waals surface area contributed by atoms with Crippen molar-refractivity contribution in [3.63, 3.8) is 0 Å². The van der Waals surface area contributed by atoms with E-state index in [1.165, 1.54) is 0 Å². The lowest BCUT2D eigenvalue weighted by atomic mass is 10.3. The number of carbonyl (C=O) groups is 2. The molecule has 4 nitrogen and oxygen atoms in total. The van der Waals surface area contributed by atoms with E-state index >= 15 is 0 Å². The van der Waals surface area contributed by atoms with E-state index < -0.39 is 11.9 Å². The zero-order chi connectivity index (χ0) is 12.8. The molecule has 17 heavy (non-hydrogen) atoms. The van der Waals surface area contributed by atoms with Crippen LogP contribution < -0.4 is 10.6 Å². The van der Waals surface area contributed by atoms with Crippen molar-refractivity contribution in [1.29, 1.82) is 0 Å². The molecule has 0 saturated carbocycles. The van der Waals surface area contributed by atoms with E-state index in [1.54, 1.807) is 12.1 Å². The van der Waals surface area contributed by atoms with Gasteiger partial charge in [0.1, 0.15) is 0 Å². The van der Waals surface area contributed by atoms with Crippen LogP contribution in [-0.2, 0) is 4.79 Å². The van der Waals surface area contributed by atoms with E-state index in [0.29, 0.717) is 5.69 Å². The van der Waals surface area contributed by atoms with E-state index in [1.807, 2.05) is 6.07 Å². The van der Waals surface area contributed by atoms with Gasteiger partial charge in [-0.2, -0.15) is 0 Å². The molecule has 0 bridgehead atoms. The van der Waals surface area contributed by atoms with Crippen molar-refractivity contribution in [3.8, 4) is 0 Å². The molecule has 0 fully saturated rings. The molecular formula is C10H9Br2ClN2O2. The molecule has 92 valence electrons. The first-order chi connectivity index (χ1) is 8.02. The standard InChI is InChI=1S/C10H9Br2ClN2O2/c11-6-1-2-7(12)8(5-6)14-10(17)15-9(16)3-4-13/h1-2,5H,3-4H2,(H2,14,15,16,17). The van der Waals surface area contributed by atoms with Gasteiger partial charge in [-0.3, -0.25) is 10.1 Å². The number of amides is 3. The Labute approximate surface area is 120 Å². The average Bonchev–Trinajstić information content (AvgIpc) is 2.23. The number of halogens is 3. The SMILES string of the molecule is O=C(CCCl)NC(=O)Nc1cc(Br)ccc1Br. The van der Waals surface area contributed by atoms with E-state index in [9.17, 15) is 9.59 Å². The average molecular weight is 384 g/mol. The Morgan fingerprint density at radius 3 is 2.65 bits per heavy atom. The molecular weight excluding hydrogens is 375 g/mol. The summed E-state index contributed by atoms with van der Waals surface area (Å²) in [5.41, 5.74) is 0.565. The van der Waals surface area contributed by atoms with Crippen molar-refractivity contribution in [2.75, 3.05) is 11.2 Å². The molecule has 2 N–H and O–H groups in total. The number of imide groups is 1. The van der Waals surface area contributed by atoms with Crippen LogP contribution in [0.1, 0.15) is 6.42 Å². The number of nitrogens with one attached hydrogen (secondary N) is 2. The number of rotatable bonds is 3. The number of hydrogen-bond donors (Lipinski definition) is 2. The molecule has 1 aromatic rings. The largest absolute Gasteiger partial charge is 0.325 e. The van der Waals surface area contributed by atoms with Gasteiger partial charge in [0.15, 0.2) is 0 Å². The van der Waals surface area contributed by atoms with Gasteiger partial charge < -0.3 is 5.32 Å². The number of benzene rings is 1. The molecule has 0 atom stereocenters. The number of carbonyl (C=O) groups excluding carboxylic acids is 2. The molecule has 0 aliphatic heterocycles. The van der Waals surface area contributed by atoms with Gasteiger partial charge >= 0.3 is 6.03 Å². The highest BCUT2D eigenvalue weighted by molar-refractivity contribution is 9.11. The van der Waals surface area contributed by atoms with Gasteiger partial charge in [0.2, 0.25) is 5.91 Å². The normalized spacial score (nSPS) is 9.82. The second-order valence-corrected chi connectivity index (χ2v) is 5.21. The van der Waals surface area contributed by atoms with Crippen LogP contribution in [0.4, 0.5) is 10.5 Å². The first-order valence-electron chi connectivity index (χ1n) is 4.65. The topological polar surface area (TPSA) is 58.2 Å². The lowest BCUT2D eigenvalue weighted by Crippen LogP contribution is -2.34. The van der Waals surface area contributed by atoms with Gasteiger partial charge in [-0.05, 0) is 34.1 Å². The van der Waals surface area contributed by atoms with Crippen molar-refractivity contribution >= 4 is 61.1 Å². The molecule has 0 heterocycles. The smallest absolute Gasteiger partial charge is 0.307 e. The number of anilines is 1. The summed E-state index contributed by atoms with van der Waals surface area (Å²) in [5, 5.41) is 4.72. The van der Waals surface area contributed by atoms with Gasteiger partial charge in [-0.1, -0.05) is 15.9 Å². The third kappa shape index (κ3) is 5.06. The fourth-order valence-corrected chi connectivity index (χ4v) is 1.90. The zero-order valence-corrected chi connectivity index (χ0v) is 12.5. The van der Waals surface area contributed by atoms with Crippen molar-refractivity contribution in [2.45, 2.75) is 6.42 Å². The number of hydrogen-bond acceptors (Lipinski definition) is 2. The maximum Gasteiger partial charge on any atom is 0.325 e. The summed E-state index contributed by atoms with van der Waals surface area (Å²) in [7, 11) is 0. The summed E-state index contributed by atoms with van der Waals surface area (Å²) in [6, 6.07) is 4.74. The Bertz CT molecular complexity index is 440. The molecule has 0 saturated heterocycles. The van der Waals surface area contributed by atoms with Gasteiger partial charge in [-0.15, -0.1) is 11.6 Å². The second kappa shape index (κ2) is 6.98. The predicted octanol–water partition coefficient (Wildman–Crippen LogP) is 3.49. The van der Waals surface area contributed by atoms with Crippen LogP contribution in [-0.4, -0.2) is 17.8 Å². The monoisotopic (exact) mass is 382 g/mol. The highest BCUT2D eigenvalue weighted by Gasteiger charge is 2.09. The van der Waals surface area contributed by atoms with Crippen molar-refractivity contribution in [1.82, 2.24) is 5.32 Å². The Morgan fingerprint density at radius 1 is 1.29 bits per heavy atom. The van der Waals surface area contributed by atoms with Crippen LogP contribution in [0.5, 0.6) is 0 Å². The number of alkyl halides is 1. The second-order valence-electron chi connectivity index (χ2n) is 3.07. The van der Waals surface area contributed by atoms with Crippen LogP contribution in [0.15, 0.2) is 27.1 Å². The Balaban J connectivity index is 2.62. The molecule has 0 aliphatic carbocycles. The van der Waals surface area contributed by atoms with E-state index in [0.717, 1.165) is 8.95 Å². The first-order valence-corrected chi connectivity index (χ1v) is 6.77. The van der Waals surface area contributed by atoms with Crippen LogP contribution >= 0.6 is 43.5 Å². The van der Waals surface area contributed by atoms with E-state index in [-0.39, 0.29) is 12.3 Å². The minimum absolute atomic E-state index is 0.106. The van der Waals surface area contributed by atoms with Crippen LogP contribution in [0.3, 0.4) is 0 Å². The molecule has 1 aromatic carbocycles. The minimum atomic E-state index is -0.584. The molecule has 0 radical (unpaired) electrons. The quantitative estimate of drug-likeness (QED) is 0.784. The molecule has 1 rings (SSSR count). The van der Waals surface area contributed by atoms with Crippen LogP contribution in [0.25, 0.3) is 0 Å². The fraction of sp³-hybridized carbons (Fsp3) is 0.200. The van der Waals surface area contributed by atoms with Gasteiger partial charge in [-0.25, -0.2) is 4.79 Å². The van der Waals surface area contributed by atoms with Gasteiger partial charge in [0.25, 0.3) is 0 Å². The fourth-order valence-electron chi connectivity index (χ4n) is 1.02. The predicted molar refractivity (Wildman–Crippen MR) is 74.3 cm³/mol. The van der Waals surface area contributed by atoms with Crippen molar-refractivity contribution < 1.29 is 9.59 Å². The first kappa shape index (κ1) is 14.5. The van der Waals surface area contributed by atoms with Crippen LogP contribution in [0, 0.1) is 0 Å². The van der Waals surface area contributed by atoms with E-state index in [2.05, 4.69) is 42.5 Å². The van der Waals surface area contributed by atoms with E-state index in [4.69, 9.17) is 11.6 Å². The highest BCUT2D eigenvalue weighted by Crippen LogP contribution is 2.25. The number of urea groups is 1. The summed E-state index contributed by atoms with van der Waals surface area (Å²) in [6.45, 7) is 0. The maximum atomic E-state index is 11.4. The lowest BCUT2D eigenvalue weighted by Gasteiger charge is -2.08. The van der Waals surface area contributed by atoms with Gasteiger partial charge in [0, 0.05) is 21.2 Å². The molecule has 0 spiro atoms. The lowest BCUT2D eigenvalue weighted by molar-refractivity contribution is -0.119. The molecule has 3 amide bonds. The Hall–Kier alpha value is -0.590. The van der Waals surface area contributed by atoms with Crippen molar-refractivity contribution in [3.05, 3.63) is 27.1 Å². The molecule has 0 unspecified atom stereocenters. The zero-order valence-electron chi connectivity index (χ0n) is 8.60. The summed E-state index contributed by atoms with van der Waals surface area (Å²) in [5.74, 6) is -0.233. The molecule has 7 heteroatoms. The highest BCUT2D eigenvalue weighted by atomic mass is 79.9. The summed E-state index contributed by atoms with van der Waals surface area (Å²) < 4.78 is 1.55. The minimum Gasteiger partial charge on any atom is -0.307 e.